The lowest BCUT2D eigenvalue weighted by atomic mass is 10.0. The van der Waals surface area contributed by atoms with Gasteiger partial charge in [0.05, 0.1) is 35.8 Å². The van der Waals surface area contributed by atoms with E-state index >= 15 is 0 Å². The molecule has 1 atom stereocenters. The Kier molecular flexibility index (Phi) is 6.58. The van der Waals surface area contributed by atoms with E-state index in [2.05, 4.69) is 40.1 Å². The molecule has 0 bridgehead atoms. The van der Waals surface area contributed by atoms with Crippen LogP contribution in [0.3, 0.4) is 0 Å². The van der Waals surface area contributed by atoms with Crippen molar-refractivity contribution in [2.75, 3.05) is 42.2 Å². The number of fused-ring (bicyclic) bond motifs is 2. The Labute approximate surface area is 213 Å². The van der Waals surface area contributed by atoms with Crippen molar-refractivity contribution in [3.05, 3.63) is 52.7 Å². The van der Waals surface area contributed by atoms with Crippen LogP contribution >= 0.6 is 23.4 Å². The number of anilines is 2. The number of halogens is 1. The fraction of sp³-hybridized carbons (Fsp3) is 0.360. The first kappa shape index (κ1) is 23.5. The van der Waals surface area contributed by atoms with Crippen LogP contribution < -0.4 is 9.80 Å². The number of nitrogens with zero attached hydrogens (tertiary/aromatic N) is 6. The van der Waals surface area contributed by atoms with Crippen molar-refractivity contribution < 1.29 is 9.90 Å². The van der Waals surface area contributed by atoms with Crippen molar-refractivity contribution in [2.45, 2.75) is 30.6 Å². The third kappa shape index (κ3) is 4.44. The second kappa shape index (κ2) is 9.80. The van der Waals surface area contributed by atoms with Crippen LogP contribution in [-0.4, -0.2) is 64.5 Å². The molecule has 8 nitrogen and oxygen atoms in total. The van der Waals surface area contributed by atoms with Gasteiger partial charge in [-0.15, -0.1) is 0 Å². The molecule has 35 heavy (non-hydrogen) atoms. The van der Waals surface area contributed by atoms with Gasteiger partial charge in [0, 0.05) is 42.8 Å². The van der Waals surface area contributed by atoms with Gasteiger partial charge < -0.3 is 19.8 Å². The van der Waals surface area contributed by atoms with Crippen LogP contribution in [0.1, 0.15) is 17.7 Å². The van der Waals surface area contributed by atoms with E-state index in [9.17, 15) is 15.2 Å². The Morgan fingerprint density at radius 3 is 2.74 bits per heavy atom. The summed E-state index contributed by atoms with van der Waals surface area (Å²) in [7, 11) is 0. The molecule has 2 aliphatic rings. The van der Waals surface area contributed by atoms with Gasteiger partial charge in [0.15, 0.2) is 5.16 Å². The van der Waals surface area contributed by atoms with Gasteiger partial charge >= 0.3 is 6.09 Å². The van der Waals surface area contributed by atoms with Crippen LogP contribution in [0.25, 0.3) is 10.8 Å². The van der Waals surface area contributed by atoms with E-state index in [0.717, 1.165) is 51.5 Å². The lowest BCUT2D eigenvalue weighted by Gasteiger charge is -2.41. The molecule has 1 saturated heterocycles. The minimum atomic E-state index is -0.983. The summed E-state index contributed by atoms with van der Waals surface area (Å²) < 4.78 is 0. The molecule has 1 amide bonds. The SMILES string of the molecule is CSc1nc2c(c(N3CCN(C(=O)O)C(CC#N)C3)n1)CCN(c1cccc3cccc(Cl)c13)C2. The molecular formula is C25H25ClN6O2S. The fourth-order valence-corrected chi connectivity index (χ4v) is 5.72. The summed E-state index contributed by atoms with van der Waals surface area (Å²) >= 11 is 8.09. The van der Waals surface area contributed by atoms with Gasteiger partial charge in [-0.1, -0.05) is 47.6 Å². The predicted octanol–water partition coefficient (Wildman–Crippen LogP) is 4.65. The van der Waals surface area contributed by atoms with Crippen molar-refractivity contribution in [2.24, 2.45) is 0 Å². The number of hydrogen-bond acceptors (Lipinski definition) is 7. The molecule has 1 unspecified atom stereocenters. The minimum Gasteiger partial charge on any atom is -0.465 e. The Hall–Kier alpha value is -3.22. The highest BCUT2D eigenvalue weighted by molar-refractivity contribution is 7.98. The molecule has 0 radical (unpaired) electrons. The molecular weight excluding hydrogens is 484 g/mol. The van der Waals surface area contributed by atoms with E-state index in [1.54, 1.807) is 0 Å². The standard InChI is InChI=1S/C25H25ClN6O2S/c1-35-24-28-20-15-30(21-7-3-5-16-4-2-6-19(26)22(16)21)11-9-18(20)23(29-24)31-12-13-32(25(33)34)17(14-31)8-10-27/h2-7,17H,8-9,11-15H2,1H3,(H,33,34). The van der Waals surface area contributed by atoms with Crippen molar-refractivity contribution in [1.29, 1.82) is 5.26 Å². The summed E-state index contributed by atoms with van der Waals surface area (Å²) in [4.78, 5) is 27.2. The second-order valence-corrected chi connectivity index (χ2v) is 9.86. The zero-order valence-corrected chi connectivity index (χ0v) is 20.9. The number of benzene rings is 2. The monoisotopic (exact) mass is 508 g/mol. The summed E-state index contributed by atoms with van der Waals surface area (Å²) in [5.41, 5.74) is 3.17. The molecule has 10 heteroatoms. The molecule has 3 aromatic rings. The smallest absolute Gasteiger partial charge is 0.407 e. The zero-order chi connectivity index (χ0) is 24.5. The Morgan fingerprint density at radius 2 is 2.00 bits per heavy atom. The quantitative estimate of drug-likeness (QED) is 0.402. The third-order valence-corrected chi connectivity index (χ3v) is 7.60. The topological polar surface area (TPSA) is 96.6 Å². The molecule has 180 valence electrons. The molecule has 3 heterocycles. The van der Waals surface area contributed by atoms with Gasteiger partial charge in [-0.3, -0.25) is 0 Å². The first-order valence-electron chi connectivity index (χ1n) is 11.5. The molecule has 0 spiro atoms. The molecule has 0 saturated carbocycles. The summed E-state index contributed by atoms with van der Waals surface area (Å²) in [5, 5.41) is 22.4. The number of amides is 1. The molecule has 2 aliphatic heterocycles. The fourth-order valence-electron chi connectivity index (χ4n) is 5.07. The lowest BCUT2D eigenvalue weighted by Crippen LogP contribution is -2.55. The second-order valence-electron chi connectivity index (χ2n) is 8.68. The average molecular weight is 509 g/mol. The molecule has 1 fully saturated rings. The number of piperazine rings is 1. The molecule has 2 aromatic carbocycles. The first-order chi connectivity index (χ1) is 17.0. The van der Waals surface area contributed by atoms with Crippen molar-refractivity contribution >= 4 is 51.7 Å². The third-order valence-electron chi connectivity index (χ3n) is 6.73. The summed E-state index contributed by atoms with van der Waals surface area (Å²) in [6, 6.07) is 13.9. The van der Waals surface area contributed by atoms with Gasteiger partial charge in [-0.25, -0.2) is 14.8 Å². The predicted molar refractivity (Wildman–Crippen MR) is 138 cm³/mol. The van der Waals surface area contributed by atoms with E-state index in [1.165, 1.54) is 16.7 Å². The lowest BCUT2D eigenvalue weighted by molar-refractivity contribution is 0.119. The highest BCUT2D eigenvalue weighted by Gasteiger charge is 2.33. The minimum absolute atomic E-state index is 0.154. The van der Waals surface area contributed by atoms with E-state index in [-0.39, 0.29) is 12.5 Å². The molecule has 5 rings (SSSR count). The summed E-state index contributed by atoms with van der Waals surface area (Å²) in [6.07, 6.45) is 1.89. The van der Waals surface area contributed by atoms with Crippen LogP contribution in [0.2, 0.25) is 5.02 Å². The Bertz CT molecular complexity index is 1320. The highest BCUT2D eigenvalue weighted by Crippen LogP contribution is 2.37. The van der Waals surface area contributed by atoms with E-state index < -0.39 is 6.09 Å². The van der Waals surface area contributed by atoms with Gasteiger partial charge in [0.1, 0.15) is 5.82 Å². The maximum Gasteiger partial charge on any atom is 0.407 e. The van der Waals surface area contributed by atoms with E-state index in [0.29, 0.717) is 31.3 Å². The molecule has 1 aromatic heterocycles. The van der Waals surface area contributed by atoms with Gasteiger partial charge in [-0.05, 0) is 30.2 Å². The van der Waals surface area contributed by atoms with Gasteiger partial charge in [0.2, 0.25) is 0 Å². The van der Waals surface area contributed by atoms with Crippen LogP contribution in [0, 0.1) is 11.3 Å². The van der Waals surface area contributed by atoms with E-state index in [1.807, 2.05) is 18.4 Å². The van der Waals surface area contributed by atoms with Crippen LogP contribution in [0.5, 0.6) is 0 Å². The number of hydrogen-bond donors (Lipinski definition) is 1. The highest BCUT2D eigenvalue weighted by atomic mass is 35.5. The van der Waals surface area contributed by atoms with Gasteiger partial charge in [-0.2, -0.15) is 5.26 Å². The normalized spacial score (nSPS) is 17.9. The van der Waals surface area contributed by atoms with Crippen molar-refractivity contribution in [1.82, 2.24) is 14.9 Å². The summed E-state index contributed by atoms with van der Waals surface area (Å²) in [5.74, 6) is 0.864. The van der Waals surface area contributed by atoms with Crippen LogP contribution in [-0.2, 0) is 13.0 Å². The molecule has 0 aliphatic carbocycles. The van der Waals surface area contributed by atoms with Crippen molar-refractivity contribution in [3.8, 4) is 6.07 Å². The van der Waals surface area contributed by atoms with E-state index in [4.69, 9.17) is 21.6 Å². The number of rotatable bonds is 4. The number of nitriles is 1. The average Bonchev–Trinajstić information content (AvgIpc) is 2.87. The number of carbonyl (C=O) groups is 1. The zero-order valence-electron chi connectivity index (χ0n) is 19.3. The van der Waals surface area contributed by atoms with Crippen molar-refractivity contribution in [3.63, 3.8) is 0 Å². The number of aromatic nitrogens is 2. The van der Waals surface area contributed by atoms with Gasteiger partial charge in [0.25, 0.3) is 0 Å². The largest absolute Gasteiger partial charge is 0.465 e. The number of thioether (sulfide) groups is 1. The number of carboxylic acid groups (broad SMARTS) is 1. The first-order valence-corrected chi connectivity index (χ1v) is 13.1. The molecule has 1 N–H and O–H groups in total. The van der Waals surface area contributed by atoms with Crippen LogP contribution in [0.4, 0.5) is 16.3 Å². The summed E-state index contributed by atoms with van der Waals surface area (Å²) in [6.45, 7) is 2.76. The Morgan fingerprint density at radius 1 is 1.20 bits per heavy atom. The van der Waals surface area contributed by atoms with Crippen LogP contribution in [0.15, 0.2) is 41.6 Å². The Balaban J connectivity index is 1.49. The maximum atomic E-state index is 11.7. The maximum absolute atomic E-state index is 11.7.